The van der Waals surface area contributed by atoms with E-state index in [0.29, 0.717) is 6.54 Å². The summed E-state index contributed by atoms with van der Waals surface area (Å²) in [6, 6.07) is 12.7. The molecule has 0 aliphatic heterocycles. The van der Waals surface area contributed by atoms with Gasteiger partial charge in [-0.05, 0) is 23.3 Å². The first-order valence-electron chi connectivity index (χ1n) is 6.44. The fourth-order valence-electron chi connectivity index (χ4n) is 2.02. The van der Waals surface area contributed by atoms with Gasteiger partial charge >= 0.3 is 0 Å². The van der Waals surface area contributed by atoms with E-state index in [1.54, 1.807) is 0 Å². The Labute approximate surface area is 124 Å². The summed E-state index contributed by atoms with van der Waals surface area (Å²) in [6.45, 7) is 0.544. The molecule has 21 heavy (non-hydrogen) atoms. The van der Waals surface area contributed by atoms with Crippen molar-refractivity contribution in [3.05, 3.63) is 65.5 Å². The fraction of sp³-hybridized carbons (Fsp3) is 0.200. The maximum absolute atomic E-state index is 13.7. The second-order valence-corrected chi connectivity index (χ2v) is 6.73. The van der Waals surface area contributed by atoms with Crippen molar-refractivity contribution >= 4 is 10.0 Å². The molecule has 0 bridgehead atoms. The number of halogens is 1. The maximum Gasteiger partial charge on any atom is 0.246 e. The van der Waals surface area contributed by atoms with Crippen LogP contribution in [0.1, 0.15) is 11.1 Å². The van der Waals surface area contributed by atoms with E-state index in [0.717, 1.165) is 21.5 Å². The van der Waals surface area contributed by atoms with Gasteiger partial charge in [0.25, 0.3) is 0 Å². The van der Waals surface area contributed by atoms with Crippen molar-refractivity contribution < 1.29 is 12.8 Å². The molecule has 0 saturated carbocycles. The minimum atomic E-state index is -3.86. The predicted octanol–water partition coefficient (Wildman–Crippen LogP) is 2.11. The van der Waals surface area contributed by atoms with Crippen molar-refractivity contribution in [2.75, 3.05) is 7.05 Å². The smallest absolute Gasteiger partial charge is 0.246 e. The summed E-state index contributed by atoms with van der Waals surface area (Å²) in [7, 11) is -2.43. The predicted molar refractivity (Wildman–Crippen MR) is 79.4 cm³/mol. The summed E-state index contributed by atoms with van der Waals surface area (Å²) >= 11 is 0. The Bertz CT molecular complexity index is 732. The summed E-state index contributed by atoms with van der Waals surface area (Å²) < 4.78 is 39.6. The van der Waals surface area contributed by atoms with Gasteiger partial charge in [-0.1, -0.05) is 36.4 Å². The number of rotatable bonds is 5. The van der Waals surface area contributed by atoms with Gasteiger partial charge in [-0.25, -0.2) is 12.8 Å². The van der Waals surface area contributed by atoms with Gasteiger partial charge in [0.05, 0.1) is 0 Å². The van der Waals surface area contributed by atoms with Gasteiger partial charge in [0.2, 0.25) is 10.0 Å². The van der Waals surface area contributed by atoms with Crippen LogP contribution in [0.25, 0.3) is 0 Å². The molecule has 0 saturated heterocycles. The summed E-state index contributed by atoms with van der Waals surface area (Å²) in [5.74, 6) is -0.750. The lowest BCUT2D eigenvalue weighted by Gasteiger charge is -2.18. The molecule has 112 valence electrons. The third kappa shape index (κ3) is 3.47. The molecule has 6 heteroatoms. The molecule has 0 radical (unpaired) electrons. The van der Waals surface area contributed by atoms with Gasteiger partial charge in [-0.3, -0.25) is 0 Å². The minimum Gasteiger partial charge on any atom is -0.326 e. The second-order valence-electron chi connectivity index (χ2n) is 4.72. The van der Waals surface area contributed by atoms with Gasteiger partial charge in [0.1, 0.15) is 10.7 Å². The van der Waals surface area contributed by atoms with Crippen LogP contribution in [0.5, 0.6) is 0 Å². The lowest BCUT2D eigenvalue weighted by atomic mass is 10.1. The molecule has 0 amide bonds. The topological polar surface area (TPSA) is 63.4 Å². The van der Waals surface area contributed by atoms with E-state index in [2.05, 4.69) is 0 Å². The third-order valence-corrected chi connectivity index (χ3v) is 4.99. The van der Waals surface area contributed by atoms with Crippen LogP contribution in [0.3, 0.4) is 0 Å². The Morgan fingerprint density at radius 3 is 2.43 bits per heavy atom. The molecule has 2 aromatic rings. The lowest BCUT2D eigenvalue weighted by Crippen LogP contribution is -2.27. The average molecular weight is 308 g/mol. The summed E-state index contributed by atoms with van der Waals surface area (Å²) in [5, 5.41) is 0. The number of nitrogens with zero attached hydrogens (tertiary/aromatic N) is 1. The Kier molecular flexibility index (Phi) is 4.72. The number of nitrogens with two attached hydrogens (primary N) is 1. The van der Waals surface area contributed by atoms with Crippen LogP contribution in [0, 0.1) is 5.82 Å². The van der Waals surface area contributed by atoms with Crippen LogP contribution in [-0.4, -0.2) is 19.8 Å². The number of benzene rings is 2. The Hall–Kier alpha value is -1.76. The Morgan fingerprint density at radius 2 is 1.76 bits per heavy atom. The average Bonchev–Trinajstić information content (AvgIpc) is 2.47. The Balaban J connectivity index is 2.27. The van der Waals surface area contributed by atoms with Crippen molar-refractivity contribution in [2.45, 2.75) is 18.0 Å². The van der Waals surface area contributed by atoms with Gasteiger partial charge in [0, 0.05) is 20.1 Å². The minimum absolute atomic E-state index is 0.157. The number of hydrogen-bond acceptors (Lipinski definition) is 3. The van der Waals surface area contributed by atoms with Crippen LogP contribution < -0.4 is 5.73 Å². The molecule has 0 aliphatic carbocycles. The molecule has 4 nitrogen and oxygen atoms in total. The normalized spacial score (nSPS) is 11.8. The van der Waals surface area contributed by atoms with Crippen LogP contribution in [-0.2, 0) is 23.1 Å². The van der Waals surface area contributed by atoms with Crippen molar-refractivity contribution in [3.63, 3.8) is 0 Å². The molecule has 2 aromatic carbocycles. The first kappa shape index (κ1) is 15.6. The van der Waals surface area contributed by atoms with Crippen molar-refractivity contribution in [1.29, 1.82) is 0 Å². The molecule has 0 aliphatic rings. The van der Waals surface area contributed by atoms with Crippen LogP contribution in [0.2, 0.25) is 0 Å². The molecule has 0 heterocycles. The number of sulfonamides is 1. The van der Waals surface area contributed by atoms with Crippen LogP contribution >= 0.6 is 0 Å². The molecule has 2 rings (SSSR count). The summed E-state index contributed by atoms with van der Waals surface area (Å²) in [5.41, 5.74) is 7.29. The molecular formula is C15H17FN2O2S. The van der Waals surface area contributed by atoms with E-state index >= 15 is 0 Å². The summed E-state index contributed by atoms with van der Waals surface area (Å²) in [6.07, 6.45) is 0. The van der Waals surface area contributed by atoms with E-state index in [-0.39, 0.29) is 11.4 Å². The van der Waals surface area contributed by atoms with E-state index in [1.807, 2.05) is 24.3 Å². The van der Waals surface area contributed by atoms with Gasteiger partial charge in [0.15, 0.2) is 0 Å². The largest absolute Gasteiger partial charge is 0.326 e. The monoisotopic (exact) mass is 308 g/mol. The summed E-state index contributed by atoms with van der Waals surface area (Å²) in [4.78, 5) is -0.317. The van der Waals surface area contributed by atoms with Crippen LogP contribution in [0.15, 0.2) is 53.4 Å². The molecule has 0 spiro atoms. The molecular weight excluding hydrogens is 291 g/mol. The van der Waals surface area contributed by atoms with E-state index in [4.69, 9.17) is 5.73 Å². The zero-order valence-corrected chi connectivity index (χ0v) is 12.5. The van der Waals surface area contributed by atoms with Crippen molar-refractivity contribution in [2.24, 2.45) is 5.73 Å². The van der Waals surface area contributed by atoms with E-state index < -0.39 is 15.8 Å². The Morgan fingerprint density at radius 1 is 1.10 bits per heavy atom. The first-order chi connectivity index (χ1) is 9.95. The van der Waals surface area contributed by atoms with Crippen LogP contribution in [0.4, 0.5) is 4.39 Å². The zero-order valence-electron chi connectivity index (χ0n) is 11.7. The molecule has 0 unspecified atom stereocenters. The van der Waals surface area contributed by atoms with Gasteiger partial charge in [-0.2, -0.15) is 4.31 Å². The van der Waals surface area contributed by atoms with Gasteiger partial charge in [-0.15, -0.1) is 0 Å². The highest BCUT2D eigenvalue weighted by Gasteiger charge is 2.24. The zero-order chi connectivity index (χ0) is 15.5. The van der Waals surface area contributed by atoms with E-state index in [9.17, 15) is 12.8 Å². The molecule has 0 atom stereocenters. The highest BCUT2D eigenvalue weighted by atomic mass is 32.2. The van der Waals surface area contributed by atoms with Gasteiger partial charge < -0.3 is 5.73 Å². The van der Waals surface area contributed by atoms with Crippen molar-refractivity contribution in [1.82, 2.24) is 4.31 Å². The van der Waals surface area contributed by atoms with E-state index in [1.165, 1.54) is 25.2 Å². The molecule has 2 N–H and O–H groups in total. The highest BCUT2D eigenvalue weighted by Crippen LogP contribution is 2.19. The highest BCUT2D eigenvalue weighted by molar-refractivity contribution is 7.89. The number of hydrogen-bond donors (Lipinski definition) is 1. The third-order valence-electron chi connectivity index (χ3n) is 3.16. The SMILES string of the molecule is CN(Cc1cccc(CN)c1)S(=O)(=O)c1ccccc1F. The maximum atomic E-state index is 13.7. The first-order valence-corrected chi connectivity index (χ1v) is 7.88. The lowest BCUT2D eigenvalue weighted by molar-refractivity contribution is 0.460. The second kappa shape index (κ2) is 6.34. The fourth-order valence-corrected chi connectivity index (χ4v) is 3.24. The van der Waals surface area contributed by atoms with Crippen molar-refractivity contribution in [3.8, 4) is 0 Å². The molecule has 0 fully saturated rings. The standard InChI is InChI=1S/C15H17FN2O2S/c1-18(11-13-6-4-5-12(9-13)10-17)21(19,20)15-8-3-2-7-14(15)16/h2-9H,10-11,17H2,1H3. The molecule has 0 aromatic heterocycles. The quantitative estimate of drug-likeness (QED) is 0.920.